The molecule has 0 aromatic carbocycles. The highest BCUT2D eigenvalue weighted by atomic mass is 16.6. The minimum atomic E-state index is -0.648. The van der Waals surface area contributed by atoms with Crippen molar-refractivity contribution in [3.63, 3.8) is 0 Å². The van der Waals surface area contributed by atoms with E-state index in [9.17, 15) is 14.9 Å². The summed E-state index contributed by atoms with van der Waals surface area (Å²) in [7, 11) is 1.51. The molecule has 0 radical (unpaired) electrons. The number of aromatic nitrogens is 5. The van der Waals surface area contributed by atoms with Gasteiger partial charge in [-0.05, 0) is 12.1 Å². The van der Waals surface area contributed by atoms with E-state index in [2.05, 4.69) is 20.5 Å². The van der Waals surface area contributed by atoms with E-state index in [4.69, 9.17) is 9.47 Å². The molecule has 3 aromatic rings. The Morgan fingerprint density at radius 2 is 2.17 bits per heavy atom. The van der Waals surface area contributed by atoms with Gasteiger partial charge in [0.15, 0.2) is 0 Å². The van der Waals surface area contributed by atoms with Crippen molar-refractivity contribution in [2.45, 2.75) is 0 Å². The first kappa shape index (κ1) is 19.9. The Kier molecular flexibility index (Phi) is 6.47. The number of aryl methyl sites for hydroxylation is 1. The maximum absolute atomic E-state index is 12.0. The van der Waals surface area contributed by atoms with E-state index in [-0.39, 0.29) is 37.7 Å². The van der Waals surface area contributed by atoms with Gasteiger partial charge in [-0.25, -0.2) is 9.67 Å². The molecule has 12 nitrogen and oxygen atoms in total. The van der Waals surface area contributed by atoms with Crippen LogP contribution in [0.2, 0.25) is 0 Å². The van der Waals surface area contributed by atoms with Crippen LogP contribution >= 0.6 is 0 Å². The summed E-state index contributed by atoms with van der Waals surface area (Å²) in [5, 5.41) is 21.4. The summed E-state index contributed by atoms with van der Waals surface area (Å²) in [4.78, 5) is 26.4. The fourth-order valence-electron chi connectivity index (χ4n) is 2.44. The third-order valence-corrected chi connectivity index (χ3v) is 3.72. The lowest BCUT2D eigenvalue weighted by Crippen LogP contribution is -2.28. The van der Waals surface area contributed by atoms with Crippen LogP contribution in [0.4, 0.5) is 5.69 Å². The van der Waals surface area contributed by atoms with Crippen molar-refractivity contribution >= 4 is 11.6 Å². The predicted octanol–water partition coefficient (Wildman–Crippen LogP) is 0.734. The highest BCUT2D eigenvalue weighted by Crippen LogP contribution is 2.15. The molecule has 3 heterocycles. The Hall–Kier alpha value is -3.80. The van der Waals surface area contributed by atoms with E-state index in [1.165, 1.54) is 17.9 Å². The highest BCUT2D eigenvalue weighted by Gasteiger charge is 2.24. The minimum Gasteiger partial charge on any atom is -0.475 e. The Labute approximate surface area is 165 Å². The number of amides is 1. The van der Waals surface area contributed by atoms with Crippen LogP contribution in [-0.4, -0.2) is 61.7 Å². The van der Waals surface area contributed by atoms with Crippen LogP contribution in [0.25, 0.3) is 5.69 Å². The Morgan fingerprint density at radius 1 is 1.31 bits per heavy atom. The van der Waals surface area contributed by atoms with Crippen molar-refractivity contribution < 1.29 is 19.2 Å². The normalized spacial score (nSPS) is 10.7. The van der Waals surface area contributed by atoms with Crippen molar-refractivity contribution in [2.75, 3.05) is 26.4 Å². The number of carbonyl (C=O) groups is 1. The summed E-state index contributed by atoms with van der Waals surface area (Å²) in [5.74, 6) is -0.186. The number of nitrogens with one attached hydrogen (secondary N) is 1. The molecule has 0 spiro atoms. The second-order valence-electron chi connectivity index (χ2n) is 5.81. The zero-order valence-electron chi connectivity index (χ0n) is 15.6. The zero-order chi connectivity index (χ0) is 20.6. The Bertz CT molecular complexity index is 970. The molecule has 0 saturated carbocycles. The zero-order valence-corrected chi connectivity index (χ0v) is 15.6. The van der Waals surface area contributed by atoms with Gasteiger partial charge in [-0.15, -0.1) is 0 Å². The molecule has 0 atom stereocenters. The van der Waals surface area contributed by atoms with Crippen LogP contribution in [0, 0.1) is 10.1 Å². The maximum atomic E-state index is 12.0. The van der Waals surface area contributed by atoms with Crippen molar-refractivity contribution in [3.05, 3.63) is 58.8 Å². The lowest BCUT2D eigenvalue weighted by Gasteiger charge is -2.08. The van der Waals surface area contributed by atoms with Crippen LogP contribution in [-0.2, 0) is 11.8 Å². The fourth-order valence-corrected chi connectivity index (χ4v) is 2.44. The first-order valence-electron chi connectivity index (χ1n) is 8.67. The smallest absolute Gasteiger partial charge is 0.320 e. The average Bonchev–Trinajstić information content (AvgIpc) is 3.37. The molecule has 0 unspecified atom stereocenters. The largest absolute Gasteiger partial charge is 0.475 e. The average molecular weight is 401 g/mol. The lowest BCUT2D eigenvalue weighted by molar-refractivity contribution is -0.385. The molecule has 0 bridgehead atoms. The molecule has 3 aromatic heterocycles. The van der Waals surface area contributed by atoms with E-state index in [0.29, 0.717) is 5.88 Å². The molecule has 1 amide bonds. The summed E-state index contributed by atoms with van der Waals surface area (Å²) in [6, 6.07) is 5.39. The van der Waals surface area contributed by atoms with Gasteiger partial charge in [0.1, 0.15) is 12.8 Å². The van der Waals surface area contributed by atoms with Crippen LogP contribution in [0.15, 0.2) is 43.0 Å². The number of hydrogen-bond donors (Lipinski definition) is 1. The first-order chi connectivity index (χ1) is 14.0. The maximum Gasteiger partial charge on any atom is 0.320 e. The molecule has 0 aliphatic rings. The molecule has 3 rings (SSSR count). The fraction of sp³-hybridized carbons (Fsp3) is 0.294. The molecule has 0 saturated heterocycles. The van der Waals surface area contributed by atoms with Gasteiger partial charge in [-0.2, -0.15) is 10.2 Å². The molecule has 12 heteroatoms. The van der Waals surface area contributed by atoms with Gasteiger partial charge < -0.3 is 14.8 Å². The van der Waals surface area contributed by atoms with Gasteiger partial charge >= 0.3 is 5.69 Å². The van der Waals surface area contributed by atoms with Crippen molar-refractivity contribution in [1.29, 1.82) is 0 Å². The van der Waals surface area contributed by atoms with Crippen molar-refractivity contribution in [1.82, 2.24) is 29.9 Å². The number of carbonyl (C=O) groups excluding carboxylic acids is 1. The third kappa shape index (κ3) is 5.35. The van der Waals surface area contributed by atoms with Crippen LogP contribution in [0.1, 0.15) is 10.5 Å². The number of hydrogen-bond acceptors (Lipinski definition) is 8. The minimum absolute atomic E-state index is 0.180. The van der Waals surface area contributed by atoms with Gasteiger partial charge in [0.05, 0.1) is 23.8 Å². The lowest BCUT2D eigenvalue weighted by atomic mass is 10.3. The second kappa shape index (κ2) is 9.41. The van der Waals surface area contributed by atoms with Crippen LogP contribution in [0.5, 0.6) is 5.88 Å². The SMILES string of the molecule is Cn1cc([N+](=O)[O-])c(C(=O)NCCOCCOc2cc(-n3cccn3)ccn2)n1. The molecular formula is C17H19N7O5. The summed E-state index contributed by atoms with van der Waals surface area (Å²) in [6.45, 7) is 0.957. The third-order valence-electron chi connectivity index (χ3n) is 3.72. The molecule has 152 valence electrons. The quantitative estimate of drug-likeness (QED) is 0.298. The highest BCUT2D eigenvalue weighted by molar-refractivity contribution is 5.95. The molecule has 1 N–H and O–H groups in total. The van der Waals surface area contributed by atoms with E-state index >= 15 is 0 Å². The van der Waals surface area contributed by atoms with Gasteiger partial charge in [-0.3, -0.25) is 19.6 Å². The predicted molar refractivity (Wildman–Crippen MR) is 99.9 cm³/mol. The molecular weight excluding hydrogens is 382 g/mol. The Balaban J connectivity index is 1.35. The monoisotopic (exact) mass is 401 g/mol. The Morgan fingerprint density at radius 3 is 2.93 bits per heavy atom. The van der Waals surface area contributed by atoms with E-state index in [0.717, 1.165) is 5.69 Å². The van der Waals surface area contributed by atoms with Crippen molar-refractivity contribution in [2.24, 2.45) is 7.05 Å². The second-order valence-corrected chi connectivity index (χ2v) is 5.81. The molecule has 0 aliphatic carbocycles. The molecule has 0 aliphatic heterocycles. The van der Waals surface area contributed by atoms with E-state index in [1.807, 2.05) is 18.3 Å². The van der Waals surface area contributed by atoms with Gasteiger partial charge in [0, 0.05) is 38.2 Å². The summed E-state index contributed by atoms with van der Waals surface area (Å²) in [5.41, 5.74) is 0.250. The number of nitro groups is 1. The van der Waals surface area contributed by atoms with E-state index < -0.39 is 10.8 Å². The first-order valence-corrected chi connectivity index (χ1v) is 8.67. The number of pyridine rings is 1. The number of nitrogens with zero attached hydrogens (tertiary/aromatic N) is 6. The summed E-state index contributed by atoms with van der Waals surface area (Å²) < 4.78 is 13.8. The van der Waals surface area contributed by atoms with Gasteiger partial charge in [0.25, 0.3) is 5.91 Å². The van der Waals surface area contributed by atoms with Crippen molar-refractivity contribution in [3.8, 4) is 11.6 Å². The van der Waals surface area contributed by atoms with E-state index in [1.54, 1.807) is 23.1 Å². The van der Waals surface area contributed by atoms with Crippen LogP contribution in [0.3, 0.4) is 0 Å². The standard InChI is InChI=1S/C17H19N7O5/c1-22-12-14(24(26)27)16(21-22)17(25)19-6-8-28-9-10-29-15-11-13(3-5-18-15)23-7-2-4-20-23/h2-5,7,11-12H,6,8-10H2,1H3,(H,19,25). The number of rotatable bonds is 10. The van der Waals surface area contributed by atoms with Crippen LogP contribution < -0.4 is 10.1 Å². The topological polar surface area (TPSA) is 139 Å². The summed E-state index contributed by atoms with van der Waals surface area (Å²) in [6.07, 6.45) is 6.30. The molecule has 0 fully saturated rings. The summed E-state index contributed by atoms with van der Waals surface area (Å²) >= 11 is 0. The number of ether oxygens (including phenoxy) is 2. The molecule has 29 heavy (non-hydrogen) atoms. The van der Waals surface area contributed by atoms with Gasteiger partial charge in [-0.1, -0.05) is 0 Å². The van der Waals surface area contributed by atoms with Gasteiger partial charge in [0.2, 0.25) is 11.6 Å².